The minimum atomic E-state index is 0.383. The van der Waals surface area contributed by atoms with Crippen molar-refractivity contribution in [2.24, 2.45) is 10.8 Å². The molecular weight excluding hydrogens is 216 g/mol. The number of hydrogen-bond acceptors (Lipinski definition) is 3. The summed E-state index contributed by atoms with van der Waals surface area (Å²) in [6.45, 7) is 4.71. The van der Waals surface area contributed by atoms with Crippen LogP contribution in [0.1, 0.15) is 39.0 Å². The minimum Gasteiger partial charge on any atom is -0.374 e. The highest BCUT2D eigenvalue weighted by Crippen LogP contribution is 2.29. The van der Waals surface area contributed by atoms with Crippen LogP contribution < -0.4 is 11.3 Å². The summed E-state index contributed by atoms with van der Waals surface area (Å²) < 4.78 is 5.79. The Bertz CT molecular complexity index is 269. The third-order valence-electron chi connectivity index (χ3n) is 3.66. The lowest BCUT2D eigenvalue weighted by Crippen LogP contribution is -2.56. The number of hydrogen-bond donors (Lipinski definition) is 2. The van der Waals surface area contributed by atoms with Gasteiger partial charge in [0.1, 0.15) is 0 Å². The quantitative estimate of drug-likeness (QED) is 0.252. The fourth-order valence-corrected chi connectivity index (χ4v) is 2.75. The average Bonchev–Trinajstić information content (AvgIpc) is 2.83. The third-order valence-corrected chi connectivity index (χ3v) is 3.66. The number of nitrogens with two attached hydrogens (primary N) is 1. The summed E-state index contributed by atoms with van der Waals surface area (Å²) in [6.07, 6.45) is 6.28. The molecule has 0 amide bonds. The maximum Gasteiger partial charge on any atom is 0.208 e. The molecule has 2 aliphatic rings. The molecule has 5 heteroatoms. The van der Waals surface area contributed by atoms with Gasteiger partial charge < -0.3 is 9.64 Å². The second kappa shape index (κ2) is 6.21. The smallest absolute Gasteiger partial charge is 0.208 e. The Morgan fingerprint density at radius 1 is 1.53 bits per heavy atom. The molecule has 0 bridgehead atoms. The molecular formula is C12H24N4O. The molecule has 1 saturated heterocycles. The van der Waals surface area contributed by atoms with E-state index in [1.165, 1.54) is 19.3 Å². The predicted molar refractivity (Wildman–Crippen MR) is 68.6 cm³/mol. The maximum absolute atomic E-state index is 5.79. The van der Waals surface area contributed by atoms with Crippen molar-refractivity contribution in [3.63, 3.8) is 0 Å². The molecule has 2 unspecified atom stereocenters. The number of nitrogens with zero attached hydrogens (tertiary/aromatic N) is 2. The molecule has 5 nitrogen and oxygen atoms in total. The Balaban J connectivity index is 1.99. The van der Waals surface area contributed by atoms with Gasteiger partial charge in [-0.3, -0.25) is 10.4 Å². The Kier molecular flexibility index (Phi) is 4.62. The molecule has 2 rings (SSSR count). The van der Waals surface area contributed by atoms with E-state index in [4.69, 9.17) is 10.6 Å². The van der Waals surface area contributed by atoms with Gasteiger partial charge >= 0.3 is 0 Å². The van der Waals surface area contributed by atoms with Crippen LogP contribution >= 0.6 is 0 Å². The van der Waals surface area contributed by atoms with Crippen LogP contribution in [0.3, 0.4) is 0 Å². The zero-order chi connectivity index (χ0) is 12.1. The fourth-order valence-electron chi connectivity index (χ4n) is 2.75. The number of hydrazine groups is 1. The number of ether oxygens (including phenoxy) is 1. The molecule has 0 spiro atoms. The lowest BCUT2D eigenvalue weighted by Gasteiger charge is -2.39. The molecule has 0 aromatic heterocycles. The van der Waals surface area contributed by atoms with Crippen LogP contribution in [0, 0.1) is 0 Å². The maximum atomic E-state index is 5.79. The Hall–Kier alpha value is -0.810. The van der Waals surface area contributed by atoms with Crippen LogP contribution in [0.2, 0.25) is 0 Å². The van der Waals surface area contributed by atoms with Crippen molar-refractivity contribution < 1.29 is 4.74 Å². The molecule has 0 radical (unpaired) electrons. The Labute approximate surface area is 103 Å². The highest BCUT2D eigenvalue weighted by Gasteiger charge is 2.37. The van der Waals surface area contributed by atoms with E-state index in [0.717, 1.165) is 38.5 Å². The highest BCUT2D eigenvalue weighted by molar-refractivity contribution is 5.80. The number of guanidine groups is 1. The molecule has 3 N–H and O–H groups in total. The fraction of sp³-hybridized carbons (Fsp3) is 0.917. The number of nitrogens with one attached hydrogen (secondary N) is 1. The molecule has 2 atom stereocenters. The predicted octanol–water partition coefficient (Wildman–Crippen LogP) is 0.859. The van der Waals surface area contributed by atoms with Crippen LogP contribution in [0.15, 0.2) is 4.99 Å². The van der Waals surface area contributed by atoms with Gasteiger partial charge in [0.25, 0.3) is 0 Å². The third kappa shape index (κ3) is 2.90. The molecule has 1 heterocycles. The summed E-state index contributed by atoms with van der Waals surface area (Å²) in [6, 6.07) is 0.472. The van der Waals surface area contributed by atoms with Crippen LogP contribution in [0.5, 0.6) is 0 Å². The van der Waals surface area contributed by atoms with Gasteiger partial charge in [0, 0.05) is 13.1 Å². The van der Waals surface area contributed by atoms with E-state index >= 15 is 0 Å². The van der Waals surface area contributed by atoms with Crippen LogP contribution in [-0.2, 0) is 4.74 Å². The van der Waals surface area contributed by atoms with Crippen molar-refractivity contribution in [3.05, 3.63) is 0 Å². The molecule has 1 saturated carbocycles. The van der Waals surface area contributed by atoms with Crippen LogP contribution in [-0.4, -0.2) is 42.7 Å². The topological polar surface area (TPSA) is 62.9 Å². The van der Waals surface area contributed by atoms with Gasteiger partial charge in [-0.1, -0.05) is 13.3 Å². The van der Waals surface area contributed by atoms with Crippen LogP contribution in [0.25, 0.3) is 0 Å². The zero-order valence-corrected chi connectivity index (χ0v) is 10.7. The van der Waals surface area contributed by atoms with Gasteiger partial charge in [0.2, 0.25) is 5.96 Å². The standard InChI is InChI=1S/C12H24N4O/c1-2-3-7-14-12(15-13)16-8-9-17-11-6-4-5-10(11)16/h10-11H,2-9,13H2,1H3,(H,14,15). The number of fused-ring (bicyclic) bond motifs is 1. The lowest BCUT2D eigenvalue weighted by atomic mass is 10.1. The SMILES string of the molecule is CCCCN=C(NN)N1CCOC2CCCC21. The van der Waals surface area contributed by atoms with E-state index < -0.39 is 0 Å². The van der Waals surface area contributed by atoms with Crippen molar-refractivity contribution in [3.8, 4) is 0 Å². The summed E-state index contributed by atoms with van der Waals surface area (Å²) in [5, 5.41) is 0. The largest absolute Gasteiger partial charge is 0.374 e. The summed E-state index contributed by atoms with van der Waals surface area (Å²) >= 11 is 0. The Morgan fingerprint density at radius 2 is 2.41 bits per heavy atom. The first-order chi connectivity index (χ1) is 8.36. The van der Waals surface area contributed by atoms with E-state index in [2.05, 4.69) is 22.2 Å². The summed E-state index contributed by atoms with van der Waals surface area (Å²) in [5.41, 5.74) is 2.76. The van der Waals surface area contributed by atoms with Crippen molar-refractivity contribution in [2.45, 2.75) is 51.2 Å². The lowest BCUT2D eigenvalue weighted by molar-refractivity contribution is -0.0305. The zero-order valence-electron chi connectivity index (χ0n) is 10.7. The van der Waals surface area contributed by atoms with Crippen molar-refractivity contribution in [2.75, 3.05) is 19.7 Å². The number of aliphatic imine (C=N–C) groups is 1. The molecule has 17 heavy (non-hydrogen) atoms. The van der Waals surface area contributed by atoms with E-state index in [1.54, 1.807) is 0 Å². The Morgan fingerprint density at radius 3 is 3.18 bits per heavy atom. The van der Waals surface area contributed by atoms with E-state index in [9.17, 15) is 0 Å². The highest BCUT2D eigenvalue weighted by atomic mass is 16.5. The van der Waals surface area contributed by atoms with Gasteiger partial charge in [-0.2, -0.15) is 0 Å². The normalized spacial score (nSPS) is 29.3. The van der Waals surface area contributed by atoms with Crippen molar-refractivity contribution in [1.29, 1.82) is 0 Å². The second-order valence-corrected chi connectivity index (χ2v) is 4.80. The minimum absolute atomic E-state index is 0.383. The van der Waals surface area contributed by atoms with Gasteiger partial charge in [-0.25, -0.2) is 5.84 Å². The van der Waals surface area contributed by atoms with Crippen molar-refractivity contribution in [1.82, 2.24) is 10.3 Å². The average molecular weight is 240 g/mol. The first-order valence-electron chi connectivity index (χ1n) is 6.76. The van der Waals surface area contributed by atoms with E-state index in [-0.39, 0.29) is 0 Å². The number of rotatable bonds is 3. The molecule has 1 aliphatic heterocycles. The number of morpholine rings is 1. The summed E-state index contributed by atoms with van der Waals surface area (Å²) in [4.78, 5) is 6.87. The van der Waals surface area contributed by atoms with Gasteiger partial charge in [0.15, 0.2) is 0 Å². The van der Waals surface area contributed by atoms with Gasteiger partial charge in [-0.15, -0.1) is 0 Å². The first kappa shape index (κ1) is 12.6. The van der Waals surface area contributed by atoms with Crippen LogP contribution in [0.4, 0.5) is 0 Å². The monoisotopic (exact) mass is 240 g/mol. The van der Waals surface area contributed by atoms with E-state index in [1.807, 2.05) is 0 Å². The number of unbranched alkanes of at least 4 members (excludes halogenated alkanes) is 1. The molecule has 98 valence electrons. The molecule has 2 fully saturated rings. The van der Waals surface area contributed by atoms with Crippen molar-refractivity contribution >= 4 is 5.96 Å². The molecule has 0 aromatic carbocycles. The summed E-state index contributed by atoms with van der Waals surface area (Å²) in [5.74, 6) is 6.45. The van der Waals surface area contributed by atoms with E-state index in [0.29, 0.717) is 12.1 Å². The first-order valence-corrected chi connectivity index (χ1v) is 6.76. The second-order valence-electron chi connectivity index (χ2n) is 4.80. The van der Waals surface area contributed by atoms with Gasteiger partial charge in [0.05, 0.1) is 18.8 Å². The summed E-state index contributed by atoms with van der Waals surface area (Å²) in [7, 11) is 0. The molecule has 1 aliphatic carbocycles. The molecule has 0 aromatic rings. The van der Waals surface area contributed by atoms with Gasteiger partial charge in [-0.05, 0) is 25.7 Å².